The second kappa shape index (κ2) is 4.26. The van der Waals surface area contributed by atoms with Crippen molar-refractivity contribution in [1.82, 2.24) is 0 Å². The van der Waals surface area contributed by atoms with Crippen LogP contribution in [-0.4, -0.2) is 0 Å². The second-order valence-electron chi connectivity index (χ2n) is 4.50. The maximum Gasteiger partial charge on any atom is 0.132 e. The van der Waals surface area contributed by atoms with E-state index in [2.05, 4.69) is 28.1 Å². The molecule has 2 aromatic rings. The van der Waals surface area contributed by atoms with Crippen molar-refractivity contribution >= 4 is 15.9 Å². The first-order valence-corrected chi connectivity index (χ1v) is 6.59. The van der Waals surface area contributed by atoms with Crippen LogP contribution in [0.2, 0.25) is 0 Å². The number of hydrogen-bond acceptors (Lipinski definition) is 0. The average molecular weight is 291 g/mol. The first kappa shape index (κ1) is 11.0. The molecule has 1 aliphatic carbocycles. The Hall–Kier alpha value is -1.15. The van der Waals surface area contributed by atoms with Crippen molar-refractivity contribution in [3.8, 4) is 11.1 Å². The summed E-state index contributed by atoms with van der Waals surface area (Å²) >= 11 is 3.42. The molecule has 0 heterocycles. The fourth-order valence-electron chi connectivity index (χ4n) is 2.14. The zero-order valence-corrected chi connectivity index (χ0v) is 10.9. The molecule has 0 aliphatic heterocycles. The Labute approximate surface area is 109 Å². The Balaban J connectivity index is 2.11. The molecule has 0 atom stereocenters. The quantitative estimate of drug-likeness (QED) is 0.719. The first-order chi connectivity index (χ1) is 8.25. The molecule has 0 bridgehead atoms. The van der Waals surface area contributed by atoms with Gasteiger partial charge in [0.05, 0.1) is 0 Å². The van der Waals surface area contributed by atoms with E-state index in [1.54, 1.807) is 6.07 Å². The molecular formula is C15H12BrF. The topological polar surface area (TPSA) is 0 Å². The van der Waals surface area contributed by atoms with E-state index in [4.69, 9.17) is 0 Å². The zero-order valence-electron chi connectivity index (χ0n) is 9.29. The highest BCUT2D eigenvalue weighted by Gasteiger charge is 2.23. The van der Waals surface area contributed by atoms with Crippen molar-refractivity contribution < 1.29 is 4.39 Å². The molecule has 0 unspecified atom stereocenters. The van der Waals surface area contributed by atoms with Gasteiger partial charge in [0, 0.05) is 10.0 Å². The van der Waals surface area contributed by atoms with Crippen LogP contribution in [0.3, 0.4) is 0 Å². The lowest BCUT2D eigenvalue weighted by molar-refractivity contribution is 0.630. The molecule has 0 spiro atoms. The Morgan fingerprint density at radius 3 is 2.53 bits per heavy atom. The van der Waals surface area contributed by atoms with Gasteiger partial charge in [-0.2, -0.15) is 0 Å². The fourth-order valence-corrected chi connectivity index (χ4v) is 2.71. The van der Waals surface area contributed by atoms with Crippen molar-refractivity contribution in [1.29, 1.82) is 0 Å². The SMILES string of the molecule is Fc1cccc(Br)c1-c1cccc(C2CC2)c1. The molecule has 0 nitrogen and oxygen atoms in total. The third-order valence-electron chi connectivity index (χ3n) is 3.19. The van der Waals surface area contributed by atoms with E-state index in [1.807, 2.05) is 18.2 Å². The smallest absolute Gasteiger partial charge is 0.132 e. The van der Waals surface area contributed by atoms with Crippen molar-refractivity contribution in [3.05, 3.63) is 58.3 Å². The molecule has 0 saturated heterocycles. The van der Waals surface area contributed by atoms with Crippen LogP contribution in [0.15, 0.2) is 46.9 Å². The van der Waals surface area contributed by atoms with E-state index in [9.17, 15) is 4.39 Å². The number of hydrogen-bond donors (Lipinski definition) is 0. The van der Waals surface area contributed by atoms with Gasteiger partial charge in [-0.05, 0) is 42.0 Å². The highest BCUT2D eigenvalue weighted by atomic mass is 79.9. The molecule has 86 valence electrons. The summed E-state index contributed by atoms with van der Waals surface area (Å²) in [6.45, 7) is 0. The van der Waals surface area contributed by atoms with Crippen LogP contribution in [0.5, 0.6) is 0 Å². The van der Waals surface area contributed by atoms with E-state index >= 15 is 0 Å². The molecule has 3 rings (SSSR count). The summed E-state index contributed by atoms with van der Waals surface area (Å²) < 4.78 is 14.7. The largest absolute Gasteiger partial charge is 0.206 e. The van der Waals surface area contributed by atoms with Crippen LogP contribution in [0, 0.1) is 5.82 Å². The Bertz CT molecular complexity index is 538. The van der Waals surface area contributed by atoms with Gasteiger partial charge in [0.1, 0.15) is 5.82 Å². The molecule has 0 N–H and O–H groups in total. The third kappa shape index (κ3) is 2.14. The highest BCUT2D eigenvalue weighted by Crippen LogP contribution is 2.41. The van der Waals surface area contributed by atoms with Crippen LogP contribution >= 0.6 is 15.9 Å². The van der Waals surface area contributed by atoms with E-state index < -0.39 is 0 Å². The van der Waals surface area contributed by atoms with Crippen LogP contribution in [-0.2, 0) is 0 Å². The fraction of sp³-hybridized carbons (Fsp3) is 0.200. The molecule has 2 heteroatoms. The summed E-state index contributed by atoms with van der Waals surface area (Å²) in [6, 6.07) is 13.3. The Morgan fingerprint density at radius 2 is 1.82 bits per heavy atom. The number of halogens is 2. The minimum atomic E-state index is -0.174. The summed E-state index contributed by atoms with van der Waals surface area (Å²) in [4.78, 5) is 0. The van der Waals surface area contributed by atoms with Gasteiger partial charge >= 0.3 is 0 Å². The van der Waals surface area contributed by atoms with Crippen LogP contribution in [0.4, 0.5) is 4.39 Å². The number of rotatable bonds is 2. The lowest BCUT2D eigenvalue weighted by atomic mass is 10.0. The summed E-state index contributed by atoms with van der Waals surface area (Å²) in [7, 11) is 0. The van der Waals surface area contributed by atoms with Crippen LogP contribution < -0.4 is 0 Å². The summed E-state index contributed by atoms with van der Waals surface area (Å²) in [5, 5.41) is 0. The third-order valence-corrected chi connectivity index (χ3v) is 3.85. The average Bonchev–Trinajstić information content (AvgIpc) is 3.13. The number of benzene rings is 2. The predicted octanol–water partition coefficient (Wildman–Crippen LogP) is 5.13. The zero-order chi connectivity index (χ0) is 11.8. The Morgan fingerprint density at radius 1 is 1.06 bits per heavy atom. The lowest BCUT2D eigenvalue weighted by Crippen LogP contribution is -1.87. The molecule has 17 heavy (non-hydrogen) atoms. The van der Waals surface area contributed by atoms with Crippen LogP contribution in [0.25, 0.3) is 11.1 Å². The van der Waals surface area contributed by atoms with E-state index in [0.29, 0.717) is 11.5 Å². The van der Waals surface area contributed by atoms with Gasteiger partial charge in [0.25, 0.3) is 0 Å². The van der Waals surface area contributed by atoms with Gasteiger partial charge in [0.2, 0.25) is 0 Å². The molecule has 0 aromatic heterocycles. The summed E-state index contributed by atoms with van der Waals surface area (Å²) in [6.07, 6.45) is 2.53. The monoisotopic (exact) mass is 290 g/mol. The molecule has 2 aromatic carbocycles. The van der Waals surface area contributed by atoms with Crippen molar-refractivity contribution in [2.75, 3.05) is 0 Å². The Kier molecular flexibility index (Phi) is 2.75. The molecule has 1 fully saturated rings. The minimum Gasteiger partial charge on any atom is -0.206 e. The van der Waals surface area contributed by atoms with Crippen molar-refractivity contribution in [2.24, 2.45) is 0 Å². The van der Waals surface area contributed by atoms with Gasteiger partial charge in [-0.25, -0.2) is 4.39 Å². The van der Waals surface area contributed by atoms with E-state index in [0.717, 1.165) is 10.0 Å². The molecular weight excluding hydrogens is 279 g/mol. The maximum atomic E-state index is 13.9. The summed E-state index contributed by atoms with van der Waals surface area (Å²) in [5.74, 6) is 0.521. The van der Waals surface area contributed by atoms with Gasteiger partial charge in [-0.1, -0.05) is 46.3 Å². The predicted molar refractivity (Wildman–Crippen MR) is 71.5 cm³/mol. The maximum absolute atomic E-state index is 13.9. The second-order valence-corrected chi connectivity index (χ2v) is 5.35. The van der Waals surface area contributed by atoms with Gasteiger partial charge < -0.3 is 0 Å². The first-order valence-electron chi connectivity index (χ1n) is 5.80. The van der Waals surface area contributed by atoms with Gasteiger partial charge in [-0.3, -0.25) is 0 Å². The molecule has 1 saturated carbocycles. The van der Waals surface area contributed by atoms with E-state index in [1.165, 1.54) is 24.5 Å². The van der Waals surface area contributed by atoms with Crippen LogP contribution in [0.1, 0.15) is 24.3 Å². The highest BCUT2D eigenvalue weighted by molar-refractivity contribution is 9.10. The molecule has 0 radical (unpaired) electrons. The lowest BCUT2D eigenvalue weighted by Gasteiger charge is -2.08. The van der Waals surface area contributed by atoms with E-state index in [-0.39, 0.29) is 5.82 Å². The summed E-state index contributed by atoms with van der Waals surface area (Å²) in [5.41, 5.74) is 2.95. The molecule has 0 amide bonds. The van der Waals surface area contributed by atoms with Crippen molar-refractivity contribution in [3.63, 3.8) is 0 Å². The van der Waals surface area contributed by atoms with Gasteiger partial charge in [-0.15, -0.1) is 0 Å². The molecule has 1 aliphatic rings. The minimum absolute atomic E-state index is 0.174. The normalized spacial score (nSPS) is 14.9. The van der Waals surface area contributed by atoms with Gasteiger partial charge in [0.15, 0.2) is 0 Å². The van der Waals surface area contributed by atoms with Crippen molar-refractivity contribution in [2.45, 2.75) is 18.8 Å². The standard InChI is InChI=1S/C15H12BrF/c16-13-5-2-6-14(17)15(13)12-4-1-3-11(9-12)10-7-8-10/h1-6,9-10H,7-8H2.